The van der Waals surface area contributed by atoms with Gasteiger partial charge in [0, 0.05) is 12.8 Å². The summed E-state index contributed by atoms with van der Waals surface area (Å²) in [6, 6.07) is 0. The molecule has 10 heavy (non-hydrogen) atoms. The van der Waals surface area contributed by atoms with Crippen LogP contribution in [0, 0.1) is 0 Å². The second-order valence-electron chi connectivity index (χ2n) is 2.56. The van der Waals surface area contributed by atoms with Crippen LogP contribution in [-0.4, -0.2) is 39.4 Å². The van der Waals surface area contributed by atoms with E-state index in [1.165, 1.54) is 0 Å². The molecule has 0 radical (unpaired) electrons. The Morgan fingerprint density at radius 2 is 1.80 bits per heavy atom. The van der Waals surface area contributed by atoms with Gasteiger partial charge in [-0.05, 0) is 0 Å². The molecule has 0 bridgehead atoms. The van der Waals surface area contributed by atoms with Gasteiger partial charge < -0.3 is 15.3 Å². The number of ketones is 1. The van der Waals surface area contributed by atoms with Gasteiger partial charge in [-0.25, -0.2) is 0 Å². The van der Waals surface area contributed by atoms with Crippen LogP contribution in [0.5, 0.6) is 0 Å². The molecule has 0 aromatic rings. The van der Waals surface area contributed by atoms with Crippen LogP contribution in [-0.2, 0) is 4.79 Å². The van der Waals surface area contributed by atoms with Crippen molar-refractivity contribution in [3.63, 3.8) is 0 Å². The van der Waals surface area contributed by atoms with Gasteiger partial charge >= 0.3 is 0 Å². The van der Waals surface area contributed by atoms with Crippen molar-refractivity contribution in [1.29, 1.82) is 0 Å². The predicted octanol–water partition coefficient (Wildman–Crippen LogP) is -1.57. The summed E-state index contributed by atoms with van der Waals surface area (Å²) in [6.07, 6.45) is -3.20. The smallest absolute Gasteiger partial charge is 0.164 e. The molecule has 1 aliphatic rings. The fraction of sp³-hybridized carbons (Fsp3) is 0.833. The third-order valence-corrected chi connectivity index (χ3v) is 1.69. The Hall–Kier alpha value is -0.450. The number of rotatable bonds is 0. The Labute approximate surface area is 58.1 Å². The Kier molecular flexibility index (Phi) is 2.03. The number of aliphatic hydroxyl groups is 3. The highest BCUT2D eigenvalue weighted by molar-refractivity contribution is 5.84. The highest BCUT2D eigenvalue weighted by atomic mass is 16.3. The summed E-state index contributed by atoms with van der Waals surface area (Å²) in [4.78, 5) is 10.6. The normalized spacial score (nSPS) is 41.9. The minimum absolute atomic E-state index is 0.0417. The van der Waals surface area contributed by atoms with Crippen molar-refractivity contribution in [2.75, 3.05) is 0 Å². The quantitative estimate of drug-likeness (QED) is 0.386. The molecule has 0 aliphatic heterocycles. The van der Waals surface area contributed by atoms with Crippen LogP contribution in [0.2, 0.25) is 0 Å². The van der Waals surface area contributed by atoms with Gasteiger partial charge in [-0.15, -0.1) is 0 Å². The molecule has 3 atom stereocenters. The molecule has 0 aromatic carbocycles. The summed E-state index contributed by atoms with van der Waals surface area (Å²) in [7, 11) is 0. The van der Waals surface area contributed by atoms with E-state index < -0.39 is 24.1 Å². The maximum absolute atomic E-state index is 10.6. The molecule has 0 unspecified atom stereocenters. The summed E-state index contributed by atoms with van der Waals surface area (Å²) in [5, 5.41) is 26.6. The Balaban J connectivity index is 2.54. The first-order chi connectivity index (χ1) is 4.61. The topological polar surface area (TPSA) is 77.8 Å². The monoisotopic (exact) mass is 146 g/mol. The first-order valence-corrected chi connectivity index (χ1v) is 3.18. The lowest BCUT2D eigenvalue weighted by molar-refractivity contribution is -0.140. The zero-order valence-electron chi connectivity index (χ0n) is 5.40. The van der Waals surface area contributed by atoms with Crippen LogP contribution >= 0.6 is 0 Å². The first kappa shape index (κ1) is 7.65. The highest BCUT2D eigenvalue weighted by Crippen LogP contribution is 2.15. The predicted molar refractivity (Wildman–Crippen MR) is 32.3 cm³/mol. The van der Waals surface area contributed by atoms with Crippen molar-refractivity contribution in [1.82, 2.24) is 0 Å². The van der Waals surface area contributed by atoms with E-state index in [9.17, 15) is 4.79 Å². The Morgan fingerprint density at radius 3 is 2.30 bits per heavy atom. The summed E-state index contributed by atoms with van der Waals surface area (Å²) in [5.41, 5.74) is 0. The molecule has 0 heterocycles. The van der Waals surface area contributed by atoms with Gasteiger partial charge in [0.05, 0.1) is 12.2 Å². The van der Waals surface area contributed by atoms with E-state index in [1.54, 1.807) is 0 Å². The van der Waals surface area contributed by atoms with E-state index >= 15 is 0 Å². The van der Waals surface area contributed by atoms with Crippen LogP contribution in [0.25, 0.3) is 0 Å². The number of carbonyl (C=O) groups is 1. The van der Waals surface area contributed by atoms with Gasteiger partial charge in [-0.2, -0.15) is 0 Å². The average Bonchev–Trinajstić information content (AvgIpc) is 1.84. The standard InChI is InChI=1S/C6H10O4/c7-3-1-4(8)6(10)2-5(3)9/h3-5,7-9H,1-2H2/t3-,4+,5-/m1/s1. The lowest BCUT2D eigenvalue weighted by Crippen LogP contribution is -2.41. The fourth-order valence-electron chi connectivity index (χ4n) is 0.995. The zero-order chi connectivity index (χ0) is 7.72. The molecule has 1 aliphatic carbocycles. The van der Waals surface area contributed by atoms with Crippen molar-refractivity contribution in [3.05, 3.63) is 0 Å². The number of carbonyl (C=O) groups excluding carboxylic acids is 1. The van der Waals surface area contributed by atoms with E-state index in [0.29, 0.717) is 0 Å². The molecule has 0 spiro atoms. The number of aliphatic hydroxyl groups excluding tert-OH is 3. The average molecular weight is 146 g/mol. The number of hydrogen-bond acceptors (Lipinski definition) is 4. The zero-order valence-corrected chi connectivity index (χ0v) is 5.40. The van der Waals surface area contributed by atoms with Crippen molar-refractivity contribution in [3.8, 4) is 0 Å². The second kappa shape index (κ2) is 2.65. The molecular formula is C6H10O4. The molecule has 58 valence electrons. The number of hydrogen-bond donors (Lipinski definition) is 3. The van der Waals surface area contributed by atoms with E-state index in [-0.39, 0.29) is 12.8 Å². The minimum Gasteiger partial charge on any atom is -0.390 e. The molecule has 1 saturated carbocycles. The van der Waals surface area contributed by atoms with Crippen LogP contribution in [0.3, 0.4) is 0 Å². The second-order valence-corrected chi connectivity index (χ2v) is 2.56. The summed E-state index contributed by atoms with van der Waals surface area (Å²) >= 11 is 0. The maximum Gasteiger partial charge on any atom is 0.164 e. The Morgan fingerprint density at radius 1 is 1.20 bits per heavy atom. The minimum atomic E-state index is -1.08. The maximum atomic E-state index is 10.6. The Bertz CT molecular complexity index is 145. The van der Waals surface area contributed by atoms with Gasteiger partial charge in [0.15, 0.2) is 5.78 Å². The van der Waals surface area contributed by atoms with Crippen molar-refractivity contribution < 1.29 is 20.1 Å². The molecule has 1 rings (SSSR count). The van der Waals surface area contributed by atoms with Gasteiger partial charge in [0.1, 0.15) is 6.10 Å². The fourth-order valence-corrected chi connectivity index (χ4v) is 0.995. The molecule has 4 heteroatoms. The van der Waals surface area contributed by atoms with Crippen molar-refractivity contribution in [2.45, 2.75) is 31.2 Å². The van der Waals surface area contributed by atoms with E-state index in [4.69, 9.17) is 15.3 Å². The van der Waals surface area contributed by atoms with Crippen LogP contribution in [0.4, 0.5) is 0 Å². The third kappa shape index (κ3) is 1.34. The lowest BCUT2D eigenvalue weighted by atomic mass is 9.91. The molecule has 3 N–H and O–H groups in total. The SMILES string of the molecule is O=C1C[C@@H](O)[C@H](O)C[C@@H]1O. The summed E-state index contributed by atoms with van der Waals surface area (Å²) in [6.45, 7) is 0. The molecule has 1 fully saturated rings. The molecular weight excluding hydrogens is 136 g/mol. The molecule has 4 nitrogen and oxygen atoms in total. The van der Waals surface area contributed by atoms with Gasteiger partial charge in [-0.1, -0.05) is 0 Å². The molecule has 0 amide bonds. The van der Waals surface area contributed by atoms with Crippen LogP contribution in [0.15, 0.2) is 0 Å². The summed E-state index contributed by atoms with van der Waals surface area (Å²) in [5.74, 6) is -0.391. The van der Waals surface area contributed by atoms with Crippen molar-refractivity contribution >= 4 is 5.78 Å². The van der Waals surface area contributed by atoms with Gasteiger partial charge in [-0.3, -0.25) is 4.79 Å². The van der Waals surface area contributed by atoms with Gasteiger partial charge in [0.25, 0.3) is 0 Å². The lowest BCUT2D eigenvalue weighted by Gasteiger charge is -2.25. The van der Waals surface area contributed by atoms with E-state index in [2.05, 4.69) is 0 Å². The summed E-state index contributed by atoms with van der Waals surface area (Å²) < 4.78 is 0. The van der Waals surface area contributed by atoms with Crippen LogP contribution in [0.1, 0.15) is 12.8 Å². The van der Waals surface area contributed by atoms with Crippen LogP contribution < -0.4 is 0 Å². The first-order valence-electron chi connectivity index (χ1n) is 3.18. The van der Waals surface area contributed by atoms with E-state index in [1.807, 2.05) is 0 Å². The van der Waals surface area contributed by atoms with Crippen molar-refractivity contribution in [2.24, 2.45) is 0 Å². The van der Waals surface area contributed by atoms with Gasteiger partial charge in [0.2, 0.25) is 0 Å². The molecule has 0 saturated heterocycles. The van der Waals surface area contributed by atoms with E-state index in [0.717, 1.165) is 0 Å². The number of Topliss-reactive ketones (excluding diaryl/α,β-unsaturated/α-hetero) is 1. The largest absolute Gasteiger partial charge is 0.390 e. The highest BCUT2D eigenvalue weighted by Gasteiger charge is 2.32. The molecule has 0 aromatic heterocycles. The third-order valence-electron chi connectivity index (χ3n) is 1.69.